The molecule has 0 bridgehead atoms. The van der Waals surface area contributed by atoms with Crippen LogP contribution in [0, 0.1) is 0 Å². The molecule has 1 atom stereocenters. The van der Waals surface area contributed by atoms with E-state index in [0.29, 0.717) is 6.04 Å². The number of hydrogen-bond acceptors (Lipinski definition) is 3. The van der Waals surface area contributed by atoms with E-state index in [1.807, 2.05) is 0 Å². The van der Waals surface area contributed by atoms with Gasteiger partial charge >= 0.3 is 0 Å². The van der Waals surface area contributed by atoms with E-state index in [9.17, 15) is 0 Å². The fraction of sp³-hybridized carbons (Fsp3) is 0.727. The molecule has 0 unspecified atom stereocenters. The van der Waals surface area contributed by atoms with Crippen molar-refractivity contribution >= 4 is 0 Å². The van der Waals surface area contributed by atoms with Crippen LogP contribution in [0.2, 0.25) is 0 Å². The second kappa shape index (κ2) is 3.39. The third-order valence-corrected chi connectivity index (χ3v) is 2.65. The van der Waals surface area contributed by atoms with Gasteiger partial charge in [-0.25, -0.2) is 4.98 Å². The van der Waals surface area contributed by atoms with E-state index in [1.54, 1.807) is 6.26 Å². The zero-order valence-corrected chi connectivity index (χ0v) is 9.13. The molecule has 0 aromatic carbocycles. The van der Waals surface area contributed by atoms with Crippen molar-refractivity contribution in [1.29, 1.82) is 0 Å². The quantitative estimate of drug-likeness (QED) is 0.746. The van der Waals surface area contributed by atoms with E-state index in [2.05, 4.69) is 31.1 Å². The summed E-state index contributed by atoms with van der Waals surface area (Å²) in [5.74, 6) is 0.854. The van der Waals surface area contributed by atoms with Crippen molar-refractivity contribution in [3.63, 3.8) is 0 Å². The van der Waals surface area contributed by atoms with Crippen LogP contribution in [-0.4, -0.2) is 11.5 Å². The Hall–Kier alpha value is -0.830. The third kappa shape index (κ3) is 1.82. The van der Waals surface area contributed by atoms with Gasteiger partial charge in [0.05, 0.1) is 11.7 Å². The maximum atomic E-state index is 5.50. The fourth-order valence-corrected chi connectivity index (χ4v) is 1.69. The number of rotatable bonds is 1. The summed E-state index contributed by atoms with van der Waals surface area (Å²) < 4.78 is 5.50. The van der Waals surface area contributed by atoms with Gasteiger partial charge < -0.3 is 9.73 Å². The monoisotopic (exact) mass is 194 g/mol. The van der Waals surface area contributed by atoms with Crippen LogP contribution in [0.4, 0.5) is 0 Å². The van der Waals surface area contributed by atoms with Crippen LogP contribution >= 0.6 is 0 Å². The lowest BCUT2D eigenvalue weighted by Gasteiger charge is -2.13. The Bertz CT molecular complexity index is 305. The molecule has 1 aliphatic heterocycles. The topological polar surface area (TPSA) is 38.1 Å². The molecule has 0 aliphatic carbocycles. The van der Waals surface area contributed by atoms with Crippen LogP contribution < -0.4 is 5.32 Å². The summed E-state index contributed by atoms with van der Waals surface area (Å²) in [5, 5.41) is 3.38. The van der Waals surface area contributed by atoms with Crippen molar-refractivity contribution < 1.29 is 4.42 Å². The predicted molar refractivity (Wildman–Crippen MR) is 55.2 cm³/mol. The van der Waals surface area contributed by atoms with Crippen LogP contribution in [0.3, 0.4) is 0 Å². The molecule has 2 rings (SSSR count). The SMILES string of the molecule is CC(C)(C)c1coc([C@H]2CCCN2)n1. The molecular weight excluding hydrogens is 176 g/mol. The smallest absolute Gasteiger partial charge is 0.211 e. The van der Waals surface area contributed by atoms with E-state index in [4.69, 9.17) is 4.42 Å². The van der Waals surface area contributed by atoms with Gasteiger partial charge in [-0.3, -0.25) is 0 Å². The molecule has 1 aliphatic rings. The molecule has 0 amide bonds. The first-order valence-corrected chi connectivity index (χ1v) is 5.26. The zero-order valence-electron chi connectivity index (χ0n) is 9.13. The summed E-state index contributed by atoms with van der Waals surface area (Å²) >= 11 is 0. The molecule has 1 aromatic heterocycles. The molecule has 0 saturated carbocycles. The van der Waals surface area contributed by atoms with E-state index >= 15 is 0 Å². The maximum absolute atomic E-state index is 5.50. The highest BCUT2D eigenvalue weighted by Gasteiger charge is 2.24. The number of hydrogen-bond donors (Lipinski definition) is 1. The Morgan fingerprint density at radius 3 is 2.79 bits per heavy atom. The third-order valence-electron chi connectivity index (χ3n) is 2.65. The summed E-state index contributed by atoms with van der Waals surface area (Å²) in [6.07, 6.45) is 4.15. The standard InChI is InChI=1S/C11H18N2O/c1-11(2,3)9-7-14-10(13-9)8-5-4-6-12-8/h7-8,12H,4-6H2,1-3H3/t8-/m1/s1. The van der Waals surface area contributed by atoms with Gasteiger partial charge in [0.25, 0.3) is 0 Å². The second-order valence-electron chi connectivity index (χ2n) is 4.97. The Morgan fingerprint density at radius 2 is 2.29 bits per heavy atom. The minimum Gasteiger partial charge on any atom is -0.447 e. The highest BCUT2D eigenvalue weighted by molar-refractivity contribution is 5.10. The average Bonchev–Trinajstić information content (AvgIpc) is 2.73. The molecule has 1 fully saturated rings. The Balaban J connectivity index is 2.17. The number of nitrogens with one attached hydrogen (secondary N) is 1. The van der Waals surface area contributed by atoms with Gasteiger partial charge in [0.2, 0.25) is 5.89 Å². The summed E-state index contributed by atoms with van der Waals surface area (Å²) in [5.41, 5.74) is 1.13. The minimum atomic E-state index is 0.0837. The first-order chi connectivity index (χ1) is 6.57. The van der Waals surface area contributed by atoms with Crippen LogP contribution in [0.25, 0.3) is 0 Å². The van der Waals surface area contributed by atoms with Gasteiger partial charge in [0.1, 0.15) is 6.26 Å². The van der Waals surface area contributed by atoms with E-state index in [1.165, 1.54) is 6.42 Å². The predicted octanol–water partition coefficient (Wildman–Crippen LogP) is 2.40. The first kappa shape index (κ1) is 9.71. The minimum absolute atomic E-state index is 0.0837. The lowest BCUT2D eigenvalue weighted by atomic mass is 9.93. The molecule has 1 saturated heterocycles. The highest BCUT2D eigenvalue weighted by atomic mass is 16.3. The lowest BCUT2D eigenvalue weighted by Crippen LogP contribution is -2.15. The van der Waals surface area contributed by atoms with Crippen molar-refractivity contribution in [2.75, 3.05) is 6.54 Å². The van der Waals surface area contributed by atoms with Gasteiger partial charge in [-0.1, -0.05) is 20.8 Å². The molecule has 14 heavy (non-hydrogen) atoms. The van der Waals surface area contributed by atoms with Crippen LogP contribution in [-0.2, 0) is 5.41 Å². The molecule has 1 aromatic rings. The fourth-order valence-electron chi connectivity index (χ4n) is 1.69. The molecule has 0 radical (unpaired) electrons. The van der Waals surface area contributed by atoms with Crippen molar-refractivity contribution in [2.24, 2.45) is 0 Å². The maximum Gasteiger partial charge on any atom is 0.211 e. The molecular formula is C11H18N2O. The van der Waals surface area contributed by atoms with Gasteiger partial charge in [-0.2, -0.15) is 0 Å². The van der Waals surface area contributed by atoms with Crippen LogP contribution in [0.1, 0.15) is 51.2 Å². The lowest BCUT2D eigenvalue weighted by molar-refractivity contribution is 0.429. The van der Waals surface area contributed by atoms with Crippen LogP contribution in [0.5, 0.6) is 0 Å². The summed E-state index contributed by atoms with van der Waals surface area (Å²) in [6.45, 7) is 7.53. The number of aromatic nitrogens is 1. The largest absolute Gasteiger partial charge is 0.447 e. The van der Waals surface area contributed by atoms with Crippen molar-refractivity contribution in [2.45, 2.75) is 45.1 Å². The summed E-state index contributed by atoms with van der Waals surface area (Å²) in [4.78, 5) is 4.53. The zero-order chi connectivity index (χ0) is 10.2. The Labute approximate surface area is 84.9 Å². The number of nitrogens with zero attached hydrogens (tertiary/aromatic N) is 1. The van der Waals surface area contributed by atoms with Crippen molar-refractivity contribution in [3.05, 3.63) is 17.8 Å². The summed E-state index contributed by atoms with van der Waals surface area (Å²) in [6, 6.07) is 0.339. The van der Waals surface area contributed by atoms with E-state index in [0.717, 1.165) is 24.6 Å². The van der Waals surface area contributed by atoms with Gasteiger partial charge in [-0.05, 0) is 19.4 Å². The highest BCUT2D eigenvalue weighted by Crippen LogP contribution is 2.26. The van der Waals surface area contributed by atoms with Crippen molar-refractivity contribution in [1.82, 2.24) is 10.3 Å². The number of oxazole rings is 1. The summed E-state index contributed by atoms with van der Waals surface area (Å²) in [7, 11) is 0. The molecule has 2 heterocycles. The molecule has 3 nitrogen and oxygen atoms in total. The molecule has 78 valence electrons. The van der Waals surface area contributed by atoms with Gasteiger partial charge in [0, 0.05) is 5.41 Å². The van der Waals surface area contributed by atoms with Crippen molar-refractivity contribution in [3.8, 4) is 0 Å². The molecule has 1 N–H and O–H groups in total. The second-order valence-corrected chi connectivity index (χ2v) is 4.97. The van der Waals surface area contributed by atoms with Gasteiger partial charge in [0.15, 0.2) is 0 Å². The Kier molecular flexibility index (Phi) is 2.35. The van der Waals surface area contributed by atoms with E-state index in [-0.39, 0.29) is 5.41 Å². The molecule has 3 heteroatoms. The Morgan fingerprint density at radius 1 is 1.50 bits per heavy atom. The molecule has 0 spiro atoms. The first-order valence-electron chi connectivity index (χ1n) is 5.26. The average molecular weight is 194 g/mol. The normalized spacial score (nSPS) is 22.9. The van der Waals surface area contributed by atoms with Gasteiger partial charge in [-0.15, -0.1) is 0 Å². The van der Waals surface area contributed by atoms with E-state index < -0.39 is 0 Å². The van der Waals surface area contributed by atoms with Crippen LogP contribution in [0.15, 0.2) is 10.7 Å².